The van der Waals surface area contributed by atoms with E-state index < -0.39 is 12.0 Å². The number of rotatable bonds is 6. The molecule has 7 heteroatoms. The molecule has 1 aromatic carbocycles. The van der Waals surface area contributed by atoms with Crippen LogP contribution in [0.25, 0.3) is 0 Å². The summed E-state index contributed by atoms with van der Waals surface area (Å²) in [6, 6.07) is 2.50. The van der Waals surface area contributed by atoms with Crippen LogP contribution >= 0.6 is 11.6 Å². The van der Waals surface area contributed by atoms with Gasteiger partial charge in [0, 0.05) is 12.1 Å². The minimum Gasteiger partial charge on any atom is -0.468 e. The third kappa shape index (κ3) is 4.91. The number of aldehydes is 1. The number of carbonyl (C=O) groups excluding carboxylic acids is 1. The molecule has 2 rings (SSSR count). The Morgan fingerprint density at radius 2 is 2.22 bits per heavy atom. The Kier molecular flexibility index (Phi) is 6.36. The average Bonchev–Trinajstić information content (AvgIpc) is 2.99. The van der Waals surface area contributed by atoms with E-state index in [0.29, 0.717) is 12.8 Å². The number of nitrogens with one attached hydrogen (secondary N) is 1. The Hall–Kier alpha value is -1.66. The lowest BCUT2D eigenvalue weighted by Gasteiger charge is -2.19. The van der Waals surface area contributed by atoms with E-state index in [4.69, 9.17) is 16.3 Å². The summed E-state index contributed by atoms with van der Waals surface area (Å²) in [6.07, 6.45) is 2.25. The fourth-order valence-electron chi connectivity index (χ4n) is 2.54. The molecule has 1 aromatic rings. The summed E-state index contributed by atoms with van der Waals surface area (Å²) in [7, 11) is 1.80. The van der Waals surface area contributed by atoms with Gasteiger partial charge in [0.25, 0.3) is 0 Å². The van der Waals surface area contributed by atoms with Crippen molar-refractivity contribution in [1.29, 1.82) is 0 Å². The number of halogens is 2. The molecule has 0 spiro atoms. The number of carbonyl (C=O) groups is 1. The van der Waals surface area contributed by atoms with Crippen molar-refractivity contribution in [3.8, 4) is 5.75 Å². The zero-order valence-corrected chi connectivity index (χ0v) is 14.1. The van der Waals surface area contributed by atoms with Crippen molar-refractivity contribution in [2.45, 2.75) is 26.0 Å². The second kappa shape index (κ2) is 8.26. The molecule has 1 saturated heterocycles. The Morgan fingerprint density at radius 1 is 1.52 bits per heavy atom. The first-order chi connectivity index (χ1) is 11.0. The van der Waals surface area contributed by atoms with Crippen LogP contribution in [0.5, 0.6) is 5.75 Å². The highest BCUT2D eigenvalue weighted by atomic mass is 35.5. The summed E-state index contributed by atoms with van der Waals surface area (Å²) >= 11 is 5.82. The maximum Gasteiger partial charge on any atom is 0.188 e. The highest BCUT2D eigenvalue weighted by molar-refractivity contribution is 6.30. The van der Waals surface area contributed by atoms with Gasteiger partial charge in [-0.05, 0) is 45.0 Å². The van der Waals surface area contributed by atoms with Gasteiger partial charge >= 0.3 is 0 Å². The molecular weight excluding hydrogens is 321 g/mol. The summed E-state index contributed by atoms with van der Waals surface area (Å²) in [4.78, 5) is 17.8. The van der Waals surface area contributed by atoms with Crippen molar-refractivity contribution in [2.75, 3.05) is 26.7 Å². The maximum atomic E-state index is 13.7. The normalized spacial score (nSPS) is 17.1. The van der Waals surface area contributed by atoms with Crippen LogP contribution in [-0.2, 0) is 0 Å². The Balaban J connectivity index is 2.09. The van der Waals surface area contributed by atoms with Gasteiger partial charge in [0.1, 0.15) is 17.4 Å². The summed E-state index contributed by atoms with van der Waals surface area (Å²) < 4.78 is 19.3. The van der Waals surface area contributed by atoms with E-state index in [1.54, 1.807) is 14.0 Å². The molecule has 1 fully saturated rings. The molecule has 0 amide bonds. The van der Waals surface area contributed by atoms with E-state index in [-0.39, 0.29) is 16.3 Å². The van der Waals surface area contributed by atoms with Crippen LogP contribution in [0.2, 0.25) is 5.02 Å². The number of hydrogen-bond donors (Lipinski definition) is 1. The third-order valence-corrected chi connectivity index (χ3v) is 3.89. The van der Waals surface area contributed by atoms with Crippen molar-refractivity contribution in [2.24, 2.45) is 4.99 Å². The Labute approximate surface area is 140 Å². The van der Waals surface area contributed by atoms with Gasteiger partial charge < -0.3 is 10.1 Å². The maximum absolute atomic E-state index is 13.7. The molecule has 0 aromatic heterocycles. The molecule has 126 valence electrons. The molecule has 0 radical (unpaired) electrons. The highest BCUT2D eigenvalue weighted by Gasteiger charge is 2.16. The molecule has 0 bridgehead atoms. The molecule has 0 aliphatic carbocycles. The molecule has 1 atom stereocenters. The van der Waals surface area contributed by atoms with E-state index in [1.165, 1.54) is 18.9 Å². The third-order valence-electron chi connectivity index (χ3n) is 3.67. The van der Waals surface area contributed by atoms with E-state index in [0.717, 1.165) is 25.0 Å². The van der Waals surface area contributed by atoms with Gasteiger partial charge in [-0.25, -0.2) is 9.38 Å². The molecule has 5 nitrogen and oxygen atoms in total. The van der Waals surface area contributed by atoms with Gasteiger partial charge in [-0.1, -0.05) is 11.6 Å². The van der Waals surface area contributed by atoms with E-state index in [1.807, 2.05) is 0 Å². The lowest BCUT2D eigenvalue weighted by atomic mass is 10.2. The zero-order valence-electron chi connectivity index (χ0n) is 13.3. The number of ether oxygens (including phenoxy) is 1. The minimum absolute atomic E-state index is 0.0953. The predicted molar refractivity (Wildman–Crippen MR) is 89.1 cm³/mol. The standard InChI is InChI=1S/C16H21ClFN3O2/c1-11(20-16(19-2)9-21-5-3-4-6-21)23-15-8-12(17)7-14(18)13(15)10-22/h7-8,10-11H,3-6,9H2,1-2H3,(H,19,20). The average molecular weight is 342 g/mol. The fraction of sp³-hybridized carbons (Fsp3) is 0.500. The Morgan fingerprint density at radius 3 is 2.83 bits per heavy atom. The van der Waals surface area contributed by atoms with Crippen LogP contribution in [0, 0.1) is 5.82 Å². The van der Waals surface area contributed by atoms with Crippen molar-refractivity contribution in [3.05, 3.63) is 28.5 Å². The first-order valence-corrected chi connectivity index (χ1v) is 7.99. The van der Waals surface area contributed by atoms with Crippen LogP contribution in [0.3, 0.4) is 0 Å². The molecule has 1 aliphatic heterocycles. The lowest BCUT2D eigenvalue weighted by Crippen LogP contribution is -2.35. The molecular formula is C16H21ClFN3O2. The lowest BCUT2D eigenvalue weighted by molar-refractivity contribution is 0.111. The predicted octanol–water partition coefficient (Wildman–Crippen LogP) is 2.73. The number of benzene rings is 1. The van der Waals surface area contributed by atoms with Gasteiger partial charge in [0.05, 0.1) is 12.1 Å². The molecule has 1 heterocycles. The van der Waals surface area contributed by atoms with Gasteiger partial charge in [0.15, 0.2) is 12.5 Å². The van der Waals surface area contributed by atoms with Gasteiger partial charge in [0.2, 0.25) is 0 Å². The van der Waals surface area contributed by atoms with E-state index in [2.05, 4.69) is 15.2 Å². The number of nitrogens with zero attached hydrogens (tertiary/aromatic N) is 2. The SMILES string of the molecule is CN/C(CN1CCCC1)=N\C(C)Oc1cc(Cl)cc(F)c1C=O. The van der Waals surface area contributed by atoms with Crippen molar-refractivity contribution in [3.63, 3.8) is 0 Å². The summed E-state index contributed by atoms with van der Waals surface area (Å²) in [5.41, 5.74) is -0.151. The number of likely N-dealkylation sites (N-methyl/N-ethyl adjacent to an activating group) is 1. The van der Waals surface area contributed by atoms with Crippen LogP contribution < -0.4 is 10.1 Å². The quantitative estimate of drug-likeness (QED) is 0.491. The number of amidine groups is 1. The van der Waals surface area contributed by atoms with Gasteiger partial charge in [-0.3, -0.25) is 9.69 Å². The summed E-state index contributed by atoms with van der Waals surface area (Å²) in [6.45, 7) is 4.57. The first-order valence-electron chi connectivity index (χ1n) is 7.61. The fourth-order valence-corrected chi connectivity index (χ4v) is 2.73. The zero-order chi connectivity index (χ0) is 16.8. The highest BCUT2D eigenvalue weighted by Crippen LogP contribution is 2.26. The number of hydrogen-bond acceptors (Lipinski definition) is 4. The smallest absolute Gasteiger partial charge is 0.188 e. The largest absolute Gasteiger partial charge is 0.468 e. The monoisotopic (exact) mass is 341 g/mol. The topological polar surface area (TPSA) is 53.9 Å². The second-order valence-corrected chi connectivity index (χ2v) is 5.88. The molecule has 0 saturated carbocycles. The van der Waals surface area contributed by atoms with Gasteiger partial charge in [-0.2, -0.15) is 0 Å². The number of aliphatic imine (C=N–C) groups is 1. The van der Waals surface area contributed by atoms with Crippen LogP contribution in [0.1, 0.15) is 30.1 Å². The summed E-state index contributed by atoms with van der Waals surface area (Å²) in [5.74, 6) is 0.178. The molecule has 1 aliphatic rings. The van der Waals surface area contributed by atoms with Crippen molar-refractivity contribution in [1.82, 2.24) is 10.2 Å². The molecule has 1 unspecified atom stereocenters. The summed E-state index contributed by atoms with van der Waals surface area (Å²) in [5, 5.41) is 3.23. The van der Waals surface area contributed by atoms with Crippen LogP contribution in [0.15, 0.2) is 17.1 Å². The Bertz CT molecular complexity index is 589. The minimum atomic E-state index is -0.704. The van der Waals surface area contributed by atoms with Crippen LogP contribution in [-0.4, -0.2) is 49.9 Å². The van der Waals surface area contributed by atoms with Crippen molar-refractivity contribution < 1.29 is 13.9 Å². The molecule has 1 N–H and O–H groups in total. The first kappa shape index (κ1) is 17.7. The van der Waals surface area contributed by atoms with E-state index >= 15 is 0 Å². The number of likely N-dealkylation sites (tertiary alicyclic amines) is 1. The van der Waals surface area contributed by atoms with Crippen molar-refractivity contribution >= 4 is 23.7 Å². The van der Waals surface area contributed by atoms with E-state index in [9.17, 15) is 9.18 Å². The molecule has 23 heavy (non-hydrogen) atoms. The van der Waals surface area contributed by atoms with Gasteiger partial charge in [-0.15, -0.1) is 0 Å². The second-order valence-electron chi connectivity index (χ2n) is 5.44. The van der Waals surface area contributed by atoms with Crippen LogP contribution in [0.4, 0.5) is 4.39 Å².